The van der Waals surface area contributed by atoms with E-state index in [2.05, 4.69) is 0 Å². The van der Waals surface area contributed by atoms with Gasteiger partial charge in [-0.1, -0.05) is 12.1 Å². The maximum atomic E-state index is 13.0. The Morgan fingerprint density at radius 2 is 1.73 bits per heavy atom. The van der Waals surface area contributed by atoms with Crippen LogP contribution in [-0.2, 0) is 28.3 Å². The van der Waals surface area contributed by atoms with Crippen LogP contribution in [0.2, 0.25) is 0 Å². The number of hydrogen-bond donors (Lipinski definition) is 0. The molecule has 158 valence electrons. The highest BCUT2D eigenvalue weighted by molar-refractivity contribution is 7.89. The lowest BCUT2D eigenvalue weighted by Crippen LogP contribution is -2.50. The first-order valence-electron chi connectivity index (χ1n) is 9.37. The molecular formula is C20H20FN3O5S. The number of carbonyl (C=O) groups is 1. The smallest absolute Gasteiger partial charge is 0.408 e. The number of aromatic nitrogens is 1. The average molecular weight is 433 g/mol. The lowest BCUT2D eigenvalue weighted by Gasteiger charge is -2.34. The Labute approximate surface area is 172 Å². The van der Waals surface area contributed by atoms with Crippen molar-refractivity contribution in [3.05, 3.63) is 64.4 Å². The molecule has 8 nitrogen and oxygen atoms in total. The van der Waals surface area contributed by atoms with Crippen LogP contribution in [0.25, 0.3) is 11.1 Å². The summed E-state index contributed by atoms with van der Waals surface area (Å²) < 4.78 is 46.7. The summed E-state index contributed by atoms with van der Waals surface area (Å²) in [5, 5.41) is 0. The van der Waals surface area contributed by atoms with Crippen molar-refractivity contribution < 1.29 is 22.0 Å². The summed E-state index contributed by atoms with van der Waals surface area (Å²) in [6, 6.07) is 10.1. The van der Waals surface area contributed by atoms with Crippen molar-refractivity contribution in [2.24, 2.45) is 7.05 Å². The number of halogens is 1. The van der Waals surface area contributed by atoms with Gasteiger partial charge in [0.1, 0.15) is 5.82 Å². The van der Waals surface area contributed by atoms with Gasteiger partial charge in [-0.15, -0.1) is 0 Å². The van der Waals surface area contributed by atoms with Crippen LogP contribution >= 0.6 is 0 Å². The molecule has 0 unspecified atom stereocenters. The zero-order valence-electron chi connectivity index (χ0n) is 16.2. The first kappa shape index (κ1) is 20.3. The highest BCUT2D eigenvalue weighted by Crippen LogP contribution is 2.22. The largest absolute Gasteiger partial charge is 0.419 e. The van der Waals surface area contributed by atoms with Crippen molar-refractivity contribution in [3.8, 4) is 0 Å². The van der Waals surface area contributed by atoms with Gasteiger partial charge in [-0.05, 0) is 29.8 Å². The van der Waals surface area contributed by atoms with Crippen LogP contribution < -0.4 is 5.76 Å². The molecule has 3 aromatic rings. The van der Waals surface area contributed by atoms with E-state index < -0.39 is 15.8 Å². The maximum absolute atomic E-state index is 13.0. The Morgan fingerprint density at radius 1 is 1.07 bits per heavy atom. The fourth-order valence-corrected chi connectivity index (χ4v) is 4.93. The highest BCUT2D eigenvalue weighted by atomic mass is 32.2. The van der Waals surface area contributed by atoms with Gasteiger partial charge < -0.3 is 9.32 Å². The monoisotopic (exact) mass is 433 g/mol. The van der Waals surface area contributed by atoms with E-state index in [-0.39, 0.29) is 54.8 Å². The number of aryl methyl sites for hydroxylation is 1. The number of oxazole rings is 1. The van der Waals surface area contributed by atoms with Crippen LogP contribution in [0.3, 0.4) is 0 Å². The van der Waals surface area contributed by atoms with Crippen LogP contribution in [0.1, 0.15) is 5.56 Å². The second kappa shape index (κ2) is 7.69. The quantitative estimate of drug-likeness (QED) is 0.619. The minimum Gasteiger partial charge on any atom is -0.408 e. The Kier molecular flexibility index (Phi) is 5.20. The van der Waals surface area contributed by atoms with E-state index in [4.69, 9.17) is 4.42 Å². The number of nitrogens with zero attached hydrogens (tertiary/aromatic N) is 3. The topological polar surface area (TPSA) is 92.8 Å². The molecule has 0 spiro atoms. The van der Waals surface area contributed by atoms with Crippen LogP contribution in [0.4, 0.5) is 4.39 Å². The molecular weight excluding hydrogens is 413 g/mol. The van der Waals surface area contributed by atoms with E-state index in [0.717, 1.165) is 0 Å². The summed E-state index contributed by atoms with van der Waals surface area (Å²) in [7, 11) is -2.24. The van der Waals surface area contributed by atoms with E-state index in [1.807, 2.05) is 0 Å². The summed E-state index contributed by atoms with van der Waals surface area (Å²) in [6.45, 7) is 0.854. The first-order chi connectivity index (χ1) is 14.3. The number of carbonyl (C=O) groups excluding carboxylic acids is 1. The van der Waals surface area contributed by atoms with Gasteiger partial charge in [0.25, 0.3) is 0 Å². The number of fused-ring (bicyclic) bond motifs is 1. The molecule has 1 aliphatic rings. The molecule has 2 heterocycles. The normalized spacial score (nSPS) is 15.6. The first-order valence-corrected chi connectivity index (χ1v) is 10.8. The van der Waals surface area contributed by atoms with E-state index in [0.29, 0.717) is 11.1 Å². The van der Waals surface area contributed by atoms with E-state index >= 15 is 0 Å². The summed E-state index contributed by atoms with van der Waals surface area (Å²) >= 11 is 0. The van der Waals surface area contributed by atoms with Gasteiger partial charge in [0.2, 0.25) is 15.9 Å². The summed E-state index contributed by atoms with van der Waals surface area (Å²) in [6.07, 6.45) is 0.136. The lowest BCUT2D eigenvalue weighted by atomic mass is 10.1. The fraction of sp³-hybridized carbons (Fsp3) is 0.300. The van der Waals surface area contributed by atoms with Crippen molar-refractivity contribution in [3.63, 3.8) is 0 Å². The Balaban J connectivity index is 1.44. The summed E-state index contributed by atoms with van der Waals surface area (Å²) in [5.41, 5.74) is 1.42. The molecule has 0 radical (unpaired) electrons. The summed E-state index contributed by atoms with van der Waals surface area (Å²) in [5.74, 6) is -1.06. The fourth-order valence-electron chi connectivity index (χ4n) is 3.49. The molecule has 1 saturated heterocycles. The molecule has 0 N–H and O–H groups in total. The van der Waals surface area contributed by atoms with Gasteiger partial charge in [-0.25, -0.2) is 17.6 Å². The van der Waals surface area contributed by atoms with Crippen LogP contribution in [0.15, 0.2) is 56.6 Å². The molecule has 0 bridgehead atoms. The summed E-state index contributed by atoms with van der Waals surface area (Å²) in [4.78, 5) is 25.8. The SMILES string of the molecule is Cn1c(=O)oc2cc(S(=O)(=O)N3CCN(C(=O)Cc4ccc(F)cc4)CC3)ccc21. The Hall–Kier alpha value is -2.98. The lowest BCUT2D eigenvalue weighted by molar-refractivity contribution is -0.131. The third-order valence-corrected chi connectivity index (χ3v) is 7.16. The van der Waals surface area contributed by atoms with Gasteiger partial charge in [-0.2, -0.15) is 4.31 Å². The Morgan fingerprint density at radius 3 is 2.40 bits per heavy atom. The third-order valence-electron chi connectivity index (χ3n) is 5.26. The molecule has 1 aliphatic heterocycles. The second-order valence-electron chi connectivity index (χ2n) is 7.14. The van der Waals surface area contributed by atoms with Crippen LogP contribution in [0.5, 0.6) is 0 Å². The molecule has 1 aromatic heterocycles. The predicted molar refractivity (Wildman–Crippen MR) is 107 cm³/mol. The van der Waals surface area contributed by atoms with Crippen molar-refractivity contribution in [2.75, 3.05) is 26.2 Å². The van der Waals surface area contributed by atoms with Crippen molar-refractivity contribution in [1.82, 2.24) is 13.8 Å². The zero-order valence-corrected chi connectivity index (χ0v) is 17.1. The van der Waals surface area contributed by atoms with Gasteiger partial charge >= 0.3 is 5.76 Å². The molecule has 10 heteroatoms. The molecule has 0 atom stereocenters. The minimum absolute atomic E-state index is 0.0374. The highest BCUT2D eigenvalue weighted by Gasteiger charge is 2.30. The number of piperazine rings is 1. The molecule has 2 aromatic carbocycles. The van der Waals surface area contributed by atoms with Crippen LogP contribution in [0, 0.1) is 5.82 Å². The number of amides is 1. The van der Waals surface area contributed by atoms with Crippen LogP contribution in [-0.4, -0.2) is 54.3 Å². The van der Waals surface area contributed by atoms with E-state index in [1.165, 1.54) is 39.2 Å². The van der Waals surface area contributed by atoms with Gasteiger partial charge in [0, 0.05) is 39.3 Å². The Bertz CT molecular complexity index is 1260. The zero-order chi connectivity index (χ0) is 21.5. The molecule has 0 saturated carbocycles. The number of hydrogen-bond acceptors (Lipinski definition) is 5. The number of sulfonamides is 1. The minimum atomic E-state index is -3.79. The average Bonchev–Trinajstić information content (AvgIpc) is 3.03. The van der Waals surface area contributed by atoms with Crippen molar-refractivity contribution in [1.29, 1.82) is 0 Å². The molecule has 4 rings (SSSR count). The second-order valence-corrected chi connectivity index (χ2v) is 9.08. The van der Waals surface area contributed by atoms with Gasteiger partial charge in [-0.3, -0.25) is 9.36 Å². The van der Waals surface area contributed by atoms with Crippen molar-refractivity contribution >= 4 is 27.0 Å². The van der Waals surface area contributed by atoms with E-state index in [1.54, 1.807) is 24.1 Å². The van der Waals surface area contributed by atoms with Crippen molar-refractivity contribution in [2.45, 2.75) is 11.3 Å². The molecule has 30 heavy (non-hydrogen) atoms. The molecule has 1 amide bonds. The maximum Gasteiger partial charge on any atom is 0.419 e. The third kappa shape index (κ3) is 3.75. The molecule has 0 aliphatic carbocycles. The van der Waals surface area contributed by atoms with Gasteiger partial charge in [0.05, 0.1) is 16.8 Å². The van der Waals surface area contributed by atoms with Gasteiger partial charge in [0.15, 0.2) is 5.58 Å². The predicted octanol–water partition coefficient (Wildman–Crippen LogP) is 1.35. The standard InChI is InChI=1S/C20H20FN3O5S/c1-22-17-7-6-16(13-18(17)29-20(22)26)30(27,28)24-10-8-23(9-11-24)19(25)12-14-2-4-15(21)5-3-14/h2-7,13H,8-12H2,1H3. The number of benzene rings is 2. The van der Waals surface area contributed by atoms with E-state index in [9.17, 15) is 22.4 Å². The number of rotatable bonds is 4. The molecule has 1 fully saturated rings.